The summed E-state index contributed by atoms with van der Waals surface area (Å²) in [5, 5.41) is 11.2. The van der Waals surface area contributed by atoms with E-state index >= 15 is 0 Å². The van der Waals surface area contributed by atoms with Crippen LogP contribution >= 0.6 is 0 Å². The molecule has 0 radical (unpaired) electrons. The summed E-state index contributed by atoms with van der Waals surface area (Å²) >= 11 is 0. The van der Waals surface area contributed by atoms with Crippen molar-refractivity contribution < 1.29 is 14.7 Å². The molecular formula is C9H18N2O3. The van der Waals surface area contributed by atoms with Gasteiger partial charge in [0, 0.05) is 6.54 Å². The van der Waals surface area contributed by atoms with Crippen molar-refractivity contribution in [1.29, 1.82) is 0 Å². The molecule has 0 aromatic rings. The molecule has 0 rings (SSSR count). The zero-order valence-electron chi connectivity index (χ0n) is 8.83. The second-order valence-corrected chi connectivity index (χ2v) is 4.01. The number of hydrogen-bond donors (Lipinski definition) is 3. The van der Waals surface area contributed by atoms with E-state index in [1.807, 2.05) is 0 Å². The molecule has 14 heavy (non-hydrogen) atoms. The van der Waals surface area contributed by atoms with Gasteiger partial charge in [-0.05, 0) is 20.3 Å². The van der Waals surface area contributed by atoms with Crippen LogP contribution < -0.4 is 11.1 Å². The highest BCUT2D eigenvalue weighted by molar-refractivity contribution is 5.85. The first kappa shape index (κ1) is 12.9. The lowest BCUT2D eigenvalue weighted by Crippen LogP contribution is -2.49. The van der Waals surface area contributed by atoms with Gasteiger partial charge >= 0.3 is 5.97 Å². The van der Waals surface area contributed by atoms with Crippen LogP contribution in [-0.2, 0) is 9.59 Å². The molecule has 0 aromatic carbocycles. The maximum atomic E-state index is 11.2. The number of carbonyl (C=O) groups excluding carboxylic acids is 1. The highest BCUT2D eigenvalue weighted by Crippen LogP contribution is 2.01. The van der Waals surface area contributed by atoms with E-state index < -0.39 is 17.4 Å². The smallest absolute Gasteiger partial charge is 0.306 e. The number of hydrogen-bond acceptors (Lipinski definition) is 3. The van der Waals surface area contributed by atoms with Crippen molar-refractivity contribution in [1.82, 2.24) is 5.32 Å². The Morgan fingerprint density at radius 1 is 1.50 bits per heavy atom. The van der Waals surface area contributed by atoms with E-state index in [1.54, 1.807) is 20.8 Å². The quantitative estimate of drug-likeness (QED) is 0.582. The Morgan fingerprint density at radius 3 is 2.36 bits per heavy atom. The second kappa shape index (κ2) is 4.95. The maximum Gasteiger partial charge on any atom is 0.306 e. The third-order valence-corrected chi connectivity index (χ3v) is 1.87. The number of carboxylic acid groups (broad SMARTS) is 1. The number of amides is 1. The van der Waals surface area contributed by atoms with Crippen molar-refractivity contribution in [2.45, 2.75) is 32.7 Å². The van der Waals surface area contributed by atoms with Gasteiger partial charge in [-0.2, -0.15) is 0 Å². The Labute approximate surface area is 83.7 Å². The van der Waals surface area contributed by atoms with Crippen LogP contribution in [0.3, 0.4) is 0 Å². The van der Waals surface area contributed by atoms with Crippen LogP contribution in [0, 0.1) is 5.92 Å². The lowest BCUT2D eigenvalue weighted by Gasteiger charge is -2.18. The molecular weight excluding hydrogens is 184 g/mol. The van der Waals surface area contributed by atoms with Crippen molar-refractivity contribution in [3.05, 3.63) is 0 Å². The van der Waals surface area contributed by atoms with E-state index in [0.717, 1.165) is 0 Å². The van der Waals surface area contributed by atoms with Crippen LogP contribution in [0.15, 0.2) is 0 Å². The van der Waals surface area contributed by atoms with Gasteiger partial charge in [-0.1, -0.05) is 6.92 Å². The summed E-state index contributed by atoms with van der Waals surface area (Å²) in [7, 11) is 0. The fourth-order valence-electron chi connectivity index (χ4n) is 0.753. The molecule has 0 aliphatic rings. The van der Waals surface area contributed by atoms with Crippen LogP contribution in [0.5, 0.6) is 0 Å². The topological polar surface area (TPSA) is 92.4 Å². The molecule has 4 N–H and O–H groups in total. The molecule has 0 bridgehead atoms. The minimum absolute atomic E-state index is 0.268. The SMILES string of the molecule is CC(CCNC(=O)C(C)(C)N)C(=O)O. The molecule has 0 aliphatic carbocycles. The zero-order valence-corrected chi connectivity index (χ0v) is 8.83. The first-order valence-corrected chi connectivity index (χ1v) is 4.55. The van der Waals surface area contributed by atoms with Crippen LogP contribution in [-0.4, -0.2) is 29.1 Å². The first-order chi connectivity index (χ1) is 6.25. The van der Waals surface area contributed by atoms with E-state index in [1.165, 1.54) is 0 Å². The fourth-order valence-corrected chi connectivity index (χ4v) is 0.753. The van der Waals surface area contributed by atoms with Crippen LogP contribution in [0.4, 0.5) is 0 Å². The molecule has 0 heterocycles. The summed E-state index contributed by atoms with van der Waals surface area (Å²) in [5.41, 5.74) is 4.62. The molecule has 5 heteroatoms. The highest BCUT2D eigenvalue weighted by atomic mass is 16.4. The minimum atomic E-state index is -0.910. The summed E-state index contributed by atoms with van der Waals surface area (Å²) < 4.78 is 0. The monoisotopic (exact) mass is 202 g/mol. The summed E-state index contributed by atoms with van der Waals surface area (Å²) in [6.07, 6.45) is 0.414. The number of nitrogens with one attached hydrogen (secondary N) is 1. The van der Waals surface area contributed by atoms with Crippen molar-refractivity contribution in [3.8, 4) is 0 Å². The Bertz CT molecular complexity index is 221. The Balaban J connectivity index is 3.76. The molecule has 0 aromatic heterocycles. The van der Waals surface area contributed by atoms with E-state index in [4.69, 9.17) is 10.8 Å². The standard InChI is InChI=1S/C9H18N2O3/c1-6(7(12)13)4-5-11-8(14)9(2,3)10/h6H,4-5,10H2,1-3H3,(H,11,14)(H,12,13). The summed E-state index contributed by atoms with van der Waals surface area (Å²) in [6, 6.07) is 0. The van der Waals surface area contributed by atoms with Gasteiger partial charge in [0.15, 0.2) is 0 Å². The number of carbonyl (C=O) groups is 2. The normalized spacial score (nSPS) is 13.4. The molecule has 0 fully saturated rings. The molecule has 0 spiro atoms. The molecule has 1 amide bonds. The lowest BCUT2D eigenvalue weighted by atomic mass is 10.1. The predicted molar refractivity (Wildman–Crippen MR) is 52.7 cm³/mol. The molecule has 0 saturated carbocycles. The van der Waals surface area contributed by atoms with E-state index in [9.17, 15) is 9.59 Å². The fraction of sp³-hybridized carbons (Fsp3) is 0.778. The Hall–Kier alpha value is -1.10. The van der Waals surface area contributed by atoms with Gasteiger partial charge in [-0.15, -0.1) is 0 Å². The molecule has 0 saturated heterocycles. The van der Waals surface area contributed by atoms with Crippen LogP contribution in [0.25, 0.3) is 0 Å². The van der Waals surface area contributed by atoms with Gasteiger partial charge in [0.1, 0.15) is 0 Å². The Kier molecular flexibility index (Phi) is 4.56. The third kappa shape index (κ3) is 4.81. The van der Waals surface area contributed by atoms with Gasteiger partial charge in [0.05, 0.1) is 11.5 Å². The summed E-state index contributed by atoms with van der Waals surface area (Å²) in [5.74, 6) is -1.57. The summed E-state index contributed by atoms with van der Waals surface area (Å²) in [6.45, 7) is 5.14. The van der Waals surface area contributed by atoms with Crippen molar-refractivity contribution in [3.63, 3.8) is 0 Å². The largest absolute Gasteiger partial charge is 0.481 e. The van der Waals surface area contributed by atoms with Crippen molar-refractivity contribution in [2.75, 3.05) is 6.54 Å². The van der Waals surface area contributed by atoms with Gasteiger partial charge in [0.25, 0.3) is 0 Å². The van der Waals surface area contributed by atoms with E-state index in [0.29, 0.717) is 13.0 Å². The molecule has 82 valence electrons. The van der Waals surface area contributed by atoms with Crippen molar-refractivity contribution >= 4 is 11.9 Å². The second-order valence-electron chi connectivity index (χ2n) is 4.01. The van der Waals surface area contributed by atoms with E-state index in [-0.39, 0.29) is 5.91 Å². The third-order valence-electron chi connectivity index (χ3n) is 1.87. The highest BCUT2D eigenvalue weighted by Gasteiger charge is 2.21. The number of carboxylic acids is 1. The van der Waals surface area contributed by atoms with Crippen molar-refractivity contribution in [2.24, 2.45) is 11.7 Å². The van der Waals surface area contributed by atoms with E-state index in [2.05, 4.69) is 5.32 Å². The van der Waals surface area contributed by atoms with Gasteiger partial charge in [-0.25, -0.2) is 0 Å². The van der Waals surface area contributed by atoms with Gasteiger partial charge < -0.3 is 16.2 Å². The Morgan fingerprint density at radius 2 is 2.00 bits per heavy atom. The van der Waals surface area contributed by atoms with Crippen LogP contribution in [0.1, 0.15) is 27.2 Å². The first-order valence-electron chi connectivity index (χ1n) is 4.55. The number of rotatable bonds is 5. The number of nitrogens with two attached hydrogens (primary N) is 1. The molecule has 1 atom stereocenters. The maximum absolute atomic E-state index is 11.2. The average Bonchev–Trinajstić information content (AvgIpc) is 2.01. The summed E-state index contributed by atoms with van der Waals surface area (Å²) in [4.78, 5) is 21.7. The minimum Gasteiger partial charge on any atom is -0.481 e. The van der Waals surface area contributed by atoms with Gasteiger partial charge in [0.2, 0.25) is 5.91 Å². The molecule has 5 nitrogen and oxygen atoms in total. The molecule has 1 unspecified atom stereocenters. The zero-order chi connectivity index (χ0) is 11.4. The average molecular weight is 202 g/mol. The number of aliphatic carboxylic acids is 1. The van der Waals surface area contributed by atoms with Crippen LogP contribution in [0.2, 0.25) is 0 Å². The predicted octanol–water partition coefficient (Wildman–Crippen LogP) is -0.0493. The van der Waals surface area contributed by atoms with Gasteiger partial charge in [-0.3, -0.25) is 9.59 Å². The lowest BCUT2D eigenvalue weighted by molar-refractivity contribution is -0.141. The molecule has 0 aliphatic heterocycles.